The number of hydrogen-bond acceptors (Lipinski definition) is 5. The Morgan fingerprint density at radius 1 is 1.65 bits per heavy atom. The molecule has 1 aromatic heterocycles. The van der Waals surface area contributed by atoms with Crippen LogP contribution in [-0.4, -0.2) is 42.0 Å². The highest BCUT2D eigenvalue weighted by atomic mass is 32.1. The van der Waals surface area contributed by atoms with Crippen LogP contribution in [0.2, 0.25) is 0 Å². The van der Waals surface area contributed by atoms with Crippen LogP contribution in [0.3, 0.4) is 0 Å². The molecular formula is C11H18N4OS. The zero-order valence-corrected chi connectivity index (χ0v) is 11.0. The molecule has 1 saturated carbocycles. The molecule has 6 heteroatoms. The van der Waals surface area contributed by atoms with E-state index in [0.29, 0.717) is 5.69 Å². The second kappa shape index (κ2) is 5.12. The van der Waals surface area contributed by atoms with Crippen LogP contribution < -0.4 is 11.1 Å². The van der Waals surface area contributed by atoms with Gasteiger partial charge in [0, 0.05) is 24.0 Å². The van der Waals surface area contributed by atoms with Crippen LogP contribution in [0.5, 0.6) is 0 Å². The van der Waals surface area contributed by atoms with Gasteiger partial charge in [0.2, 0.25) is 0 Å². The number of rotatable bonds is 4. The Kier molecular flexibility index (Phi) is 3.76. The standard InChI is InChI=1S/C11H18N4OS/c1-15(2)5-10-13-9(6-17-10)11(16)14-8-4-3-7(8)12/h6-8H,3-5,12H2,1-2H3,(H,14,16)/t7-,8+/m1/s1. The molecular weight excluding hydrogens is 236 g/mol. The number of carbonyl (C=O) groups excluding carboxylic acids is 1. The van der Waals surface area contributed by atoms with Gasteiger partial charge in [0.1, 0.15) is 10.7 Å². The topological polar surface area (TPSA) is 71.2 Å². The third-order valence-corrected chi connectivity index (χ3v) is 3.71. The Morgan fingerprint density at radius 3 is 2.94 bits per heavy atom. The molecule has 0 aromatic carbocycles. The molecule has 1 fully saturated rings. The molecule has 5 nitrogen and oxygen atoms in total. The van der Waals surface area contributed by atoms with E-state index in [4.69, 9.17) is 5.73 Å². The monoisotopic (exact) mass is 254 g/mol. The van der Waals surface area contributed by atoms with Crippen LogP contribution >= 0.6 is 11.3 Å². The summed E-state index contributed by atoms with van der Waals surface area (Å²) in [5.41, 5.74) is 6.29. The first-order chi connectivity index (χ1) is 8.06. The van der Waals surface area contributed by atoms with Crippen molar-refractivity contribution in [3.05, 3.63) is 16.1 Å². The summed E-state index contributed by atoms with van der Waals surface area (Å²) in [6, 6.07) is 0.236. The van der Waals surface area contributed by atoms with Crippen molar-refractivity contribution < 1.29 is 4.79 Å². The third kappa shape index (κ3) is 3.02. The number of hydrogen-bond donors (Lipinski definition) is 2. The van der Waals surface area contributed by atoms with Crippen molar-refractivity contribution in [3.63, 3.8) is 0 Å². The van der Waals surface area contributed by atoms with Crippen molar-refractivity contribution in [1.29, 1.82) is 0 Å². The normalized spacial score (nSPS) is 23.5. The predicted octanol–water partition coefficient (Wildman–Crippen LogP) is 0.424. The largest absolute Gasteiger partial charge is 0.346 e. The summed E-state index contributed by atoms with van der Waals surface area (Å²) in [6.45, 7) is 0.765. The molecule has 0 spiro atoms. The first-order valence-corrected chi connectivity index (χ1v) is 6.60. The Labute approximate surface area is 105 Å². The highest BCUT2D eigenvalue weighted by Crippen LogP contribution is 2.18. The Balaban J connectivity index is 1.92. The fraction of sp³-hybridized carbons (Fsp3) is 0.636. The average molecular weight is 254 g/mol. The molecule has 1 heterocycles. The summed E-state index contributed by atoms with van der Waals surface area (Å²) in [7, 11) is 3.96. The van der Waals surface area contributed by atoms with Gasteiger partial charge in [-0.15, -0.1) is 11.3 Å². The van der Waals surface area contributed by atoms with E-state index >= 15 is 0 Å². The van der Waals surface area contributed by atoms with Crippen molar-refractivity contribution in [2.24, 2.45) is 5.73 Å². The zero-order valence-electron chi connectivity index (χ0n) is 10.1. The fourth-order valence-corrected chi connectivity index (χ4v) is 2.60. The van der Waals surface area contributed by atoms with Gasteiger partial charge in [-0.1, -0.05) is 0 Å². The minimum absolute atomic E-state index is 0.105. The predicted molar refractivity (Wildman–Crippen MR) is 68.0 cm³/mol. The van der Waals surface area contributed by atoms with E-state index in [1.807, 2.05) is 19.0 Å². The SMILES string of the molecule is CN(C)Cc1nc(C(=O)N[C@H]2CC[C@H]2N)cs1. The summed E-state index contributed by atoms with van der Waals surface area (Å²) in [5.74, 6) is -0.105. The highest BCUT2D eigenvalue weighted by molar-refractivity contribution is 7.09. The lowest BCUT2D eigenvalue weighted by Gasteiger charge is -2.33. The van der Waals surface area contributed by atoms with E-state index < -0.39 is 0 Å². The van der Waals surface area contributed by atoms with Crippen LogP contribution in [0.4, 0.5) is 0 Å². The molecule has 3 N–H and O–H groups in total. The van der Waals surface area contributed by atoms with Crippen molar-refractivity contribution in [1.82, 2.24) is 15.2 Å². The van der Waals surface area contributed by atoms with Crippen molar-refractivity contribution in [2.75, 3.05) is 14.1 Å². The highest BCUT2D eigenvalue weighted by Gasteiger charge is 2.29. The summed E-state index contributed by atoms with van der Waals surface area (Å²) in [6.07, 6.45) is 1.97. The number of nitrogens with zero attached hydrogens (tertiary/aromatic N) is 2. The van der Waals surface area contributed by atoms with Crippen molar-refractivity contribution in [2.45, 2.75) is 31.5 Å². The molecule has 2 rings (SSSR count). The quantitative estimate of drug-likeness (QED) is 0.817. The zero-order chi connectivity index (χ0) is 12.4. The maximum absolute atomic E-state index is 11.9. The van der Waals surface area contributed by atoms with E-state index in [1.165, 1.54) is 11.3 Å². The van der Waals surface area contributed by atoms with E-state index in [0.717, 1.165) is 24.4 Å². The lowest BCUT2D eigenvalue weighted by atomic mass is 9.87. The van der Waals surface area contributed by atoms with Crippen molar-refractivity contribution in [3.8, 4) is 0 Å². The molecule has 0 aliphatic heterocycles. The van der Waals surface area contributed by atoms with E-state index in [9.17, 15) is 4.79 Å². The first-order valence-electron chi connectivity index (χ1n) is 5.72. The molecule has 0 saturated heterocycles. The molecule has 17 heavy (non-hydrogen) atoms. The van der Waals surface area contributed by atoms with Crippen LogP contribution in [0, 0.1) is 0 Å². The van der Waals surface area contributed by atoms with E-state index in [2.05, 4.69) is 10.3 Å². The third-order valence-electron chi connectivity index (χ3n) is 2.88. The van der Waals surface area contributed by atoms with Gasteiger partial charge in [0.15, 0.2) is 0 Å². The molecule has 1 aliphatic rings. The van der Waals surface area contributed by atoms with Crippen LogP contribution in [0.15, 0.2) is 5.38 Å². The molecule has 1 aromatic rings. The second-order valence-electron chi connectivity index (χ2n) is 4.69. The minimum Gasteiger partial charge on any atom is -0.346 e. The minimum atomic E-state index is -0.105. The Hall–Kier alpha value is -0.980. The number of carbonyl (C=O) groups is 1. The maximum Gasteiger partial charge on any atom is 0.271 e. The number of aromatic nitrogens is 1. The summed E-state index contributed by atoms with van der Waals surface area (Å²) < 4.78 is 0. The van der Waals surface area contributed by atoms with Gasteiger partial charge in [0.25, 0.3) is 5.91 Å². The molecule has 2 atom stereocenters. The van der Waals surface area contributed by atoms with Gasteiger partial charge in [-0.2, -0.15) is 0 Å². The van der Waals surface area contributed by atoms with Crippen LogP contribution in [0.25, 0.3) is 0 Å². The Morgan fingerprint density at radius 2 is 2.41 bits per heavy atom. The van der Waals surface area contributed by atoms with E-state index in [1.54, 1.807) is 5.38 Å². The molecule has 1 aliphatic carbocycles. The van der Waals surface area contributed by atoms with Crippen LogP contribution in [0.1, 0.15) is 28.3 Å². The van der Waals surface area contributed by atoms with Gasteiger partial charge in [0.05, 0.1) is 0 Å². The van der Waals surface area contributed by atoms with Gasteiger partial charge in [-0.05, 0) is 26.9 Å². The smallest absolute Gasteiger partial charge is 0.271 e. The number of thiazole rings is 1. The van der Waals surface area contributed by atoms with E-state index in [-0.39, 0.29) is 18.0 Å². The van der Waals surface area contributed by atoms with Gasteiger partial charge in [-0.3, -0.25) is 4.79 Å². The van der Waals surface area contributed by atoms with Crippen LogP contribution in [-0.2, 0) is 6.54 Å². The molecule has 0 unspecified atom stereocenters. The summed E-state index contributed by atoms with van der Waals surface area (Å²) in [5, 5.41) is 5.68. The molecule has 94 valence electrons. The first kappa shape index (κ1) is 12.5. The Bertz CT molecular complexity index is 404. The van der Waals surface area contributed by atoms with Gasteiger partial charge >= 0.3 is 0 Å². The molecule has 0 bridgehead atoms. The number of nitrogens with one attached hydrogen (secondary N) is 1. The van der Waals surface area contributed by atoms with Gasteiger partial charge in [-0.25, -0.2) is 4.98 Å². The number of amides is 1. The molecule has 0 radical (unpaired) electrons. The lowest BCUT2D eigenvalue weighted by Crippen LogP contribution is -2.54. The average Bonchev–Trinajstić information content (AvgIpc) is 2.71. The van der Waals surface area contributed by atoms with Crippen molar-refractivity contribution >= 4 is 17.2 Å². The second-order valence-corrected chi connectivity index (χ2v) is 5.63. The summed E-state index contributed by atoms with van der Waals surface area (Å²) >= 11 is 1.51. The maximum atomic E-state index is 11.9. The number of nitrogens with two attached hydrogens (primary N) is 1. The fourth-order valence-electron chi connectivity index (χ4n) is 1.71. The van der Waals surface area contributed by atoms with Gasteiger partial charge < -0.3 is 16.0 Å². The lowest BCUT2D eigenvalue weighted by molar-refractivity contribution is 0.0901. The summed E-state index contributed by atoms with van der Waals surface area (Å²) in [4.78, 5) is 18.2. The molecule has 1 amide bonds.